The van der Waals surface area contributed by atoms with Crippen molar-refractivity contribution in [2.75, 3.05) is 19.6 Å². The lowest BCUT2D eigenvalue weighted by molar-refractivity contribution is 0.113. The first-order chi connectivity index (χ1) is 9.11. The van der Waals surface area contributed by atoms with E-state index in [2.05, 4.69) is 50.0 Å². The lowest BCUT2D eigenvalue weighted by Crippen LogP contribution is -2.48. The van der Waals surface area contributed by atoms with E-state index in [1.807, 2.05) is 11.3 Å². The van der Waals surface area contributed by atoms with Crippen LogP contribution in [0, 0.1) is 12.8 Å². The zero-order chi connectivity index (χ0) is 13.8. The number of likely N-dealkylation sites (tertiary alicyclic amines) is 1. The summed E-state index contributed by atoms with van der Waals surface area (Å²) in [6.45, 7) is 12.8. The molecule has 0 aliphatic carbocycles. The van der Waals surface area contributed by atoms with Crippen molar-refractivity contribution >= 4 is 11.3 Å². The van der Waals surface area contributed by atoms with Gasteiger partial charge in [-0.25, -0.2) is 0 Å². The fourth-order valence-electron chi connectivity index (χ4n) is 3.02. The third-order valence-corrected chi connectivity index (χ3v) is 5.48. The van der Waals surface area contributed by atoms with E-state index >= 15 is 0 Å². The highest BCUT2D eigenvalue weighted by Crippen LogP contribution is 2.30. The third kappa shape index (κ3) is 3.80. The van der Waals surface area contributed by atoms with Gasteiger partial charge in [0.05, 0.1) is 0 Å². The van der Waals surface area contributed by atoms with Crippen molar-refractivity contribution in [3.8, 4) is 0 Å². The third-order valence-electron chi connectivity index (χ3n) is 4.31. The molecule has 0 saturated carbocycles. The molecule has 0 amide bonds. The highest BCUT2D eigenvalue weighted by Gasteiger charge is 2.28. The molecule has 2 heterocycles. The molecule has 1 aromatic rings. The van der Waals surface area contributed by atoms with Crippen LogP contribution < -0.4 is 5.32 Å². The number of thiophene rings is 1. The summed E-state index contributed by atoms with van der Waals surface area (Å²) in [7, 11) is 0. The normalized spacial score (nSPS) is 26.5. The van der Waals surface area contributed by atoms with Crippen molar-refractivity contribution in [2.24, 2.45) is 5.92 Å². The van der Waals surface area contributed by atoms with E-state index in [4.69, 9.17) is 0 Å². The van der Waals surface area contributed by atoms with Gasteiger partial charge in [0, 0.05) is 34.9 Å². The molecule has 19 heavy (non-hydrogen) atoms. The second kappa shape index (κ2) is 6.87. The predicted molar refractivity (Wildman–Crippen MR) is 84.9 cm³/mol. The molecule has 2 rings (SSSR count). The van der Waals surface area contributed by atoms with Gasteiger partial charge >= 0.3 is 0 Å². The second-order valence-electron chi connectivity index (χ2n) is 5.95. The van der Waals surface area contributed by atoms with Gasteiger partial charge in [0.1, 0.15) is 0 Å². The number of piperidine rings is 1. The van der Waals surface area contributed by atoms with Crippen LogP contribution in [0.3, 0.4) is 0 Å². The maximum atomic E-state index is 3.70. The number of nitrogens with zero attached hydrogens (tertiary/aromatic N) is 1. The van der Waals surface area contributed by atoms with Crippen LogP contribution in [0.4, 0.5) is 0 Å². The van der Waals surface area contributed by atoms with E-state index in [9.17, 15) is 0 Å². The summed E-state index contributed by atoms with van der Waals surface area (Å²) in [6, 6.07) is 5.84. The van der Waals surface area contributed by atoms with Crippen molar-refractivity contribution < 1.29 is 0 Å². The van der Waals surface area contributed by atoms with Crippen LogP contribution in [0.15, 0.2) is 12.1 Å². The van der Waals surface area contributed by atoms with Gasteiger partial charge < -0.3 is 5.32 Å². The number of hydrogen-bond donors (Lipinski definition) is 1. The van der Waals surface area contributed by atoms with E-state index in [1.165, 1.54) is 35.7 Å². The van der Waals surface area contributed by atoms with Crippen LogP contribution in [-0.4, -0.2) is 30.6 Å². The molecule has 1 aliphatic heterocycles. The maximum absolute atomic E-state index is 3.70. The number of aryl methyl sites for hydroxylation is 1. The Morgan fingerprint density at radius 1 is 1.47 bits per heavy atom. The summed E-state index contributed by atoms with van der Waals surface area (Å²) < 4.78 is 0. The quantitative estimate of drug-likeness (QED) is 0.882. The van der Waals surface area contributed by atoms with Crippen molar-refractivity contribution in [1.29, 1.82) is 0 Å². The Hall–Kier alpha value is -0.380. The Balaban J connectivity index is 1.90. The molecule has 0 aromatic carbocycles. The smallest absolute Gasteiger partial charge is 0.0413 e. The summed E-state index contributed by atoms with van der Waals surface area (Å²) in [5, 5.41) is 3.70. The van der Waals surface area contributed by atoms with Crippen molar-refractivity contribution in [3.63, 3.8) is 0 Å². The first kappa shape index (κ1) is 15.0. The Morgan fingerprint density at radius 3 is 2.84 bits per heavy atom. The van der Waals surface area contributed by atoms with Crippen LogP contribution in [0.5, 0.6) is 0 Å². The summed E-state index contributed by atoms with van der Waals surface area (Å²) in [5.74, 6) is 0.754. The lowest BCUT2D eigenvalue weighted by Gasteiger charge is -2.40. The van der Waals surface area contributed by atoms with Gasteiger partial charge in [-0.2, -0.15) is 0 Å². The van der Waals surface area contributed by atoms with E-state index in [-0.39, 0.29) is 0 Å². The summed E-state index contributed by atoms with van der Waals surface area (Å²) >= 11 is 1.95. The van der Waals surface area contributed by atoms with Crippen molar-refractivity contribution in [2.45, 2.75) is 52.6 Å². The van der Waals surface area contributed by atoms with Crippen LogP contribution in [0.1, 0.15) is 49.4 Å². The first-order valence-electron chi connectivity index (χ1n) is 7.65. The summed E-state index contributed by atoms with van der Waals surface area (Å²) in [5.41, 5.74) is 0. The van der Waals surface area contributed by atoms with Crippen LogP contribution >= 0.6 is 11.3 Å². The fraction of sp³-hybridized carbons (Fsp3) is 0.750. The second-order valence-corrected chi connectivity index (χ2v) is 7.27. The van der Waals surface area contributed by atoms with Gasteiger partial charge in [-0.3, -0.25) is 4.90 Å². The highest BCUT2D eigenvalue weighted by molar-refractivity contribution is 7.12. The zero-order valence-electron chi connectivity index (χ0n) is 12.8. The SMILES string of the molecule is CCCNC1CCN(C(C)c2ccc(C)s2)CC1C. The molecular formula is C16H28N2S. The molecule has 1 fully saturated rings. The lowest BCUT2D eigenvalue weighted by atomic mass is 9.92. The van der Waals surface area contributed by atoms with Gasteiger partial charge in [0.15, 0.2) is 0 Å². The molecular weight excluding hydrogens is 252 g/mol. The van der Waals surface area contributed by atoms with Crippen molar-refractivity contribution in [1.82, 2.24) is 10.2 Å². The molecule has 1 saturated heterocycles. The Kier molecular flexibility index (Phi) is 5.43. The first-order valence-corrected chi connectivity index (χ1v) is 8.47. The minimum Gasteiger partial charge on any atom is -0.314 e. The molecule has 0 bridgehead atoms. The molecule has 0 spiro atoms. The summed E-state index contributed by atoms with van der Waals surface area (Å²) in [6.07, 6.45) is 2.52. The van der Waals surface area contributed by atoms with E-state index in [0.29, 0.717) is 12.1 Å². The van der Waals surface area contributed by atoms with Crippen LogP contribution in [0.2, 0.25) is 0 Å². The van der Waals surface area contributed by atoms with Gasteiger partial charge in [0.2, 0.25) is 0 Å². The van der Waals surface area contributed by atoms with Crippen LogP contribution in [0.25, 0.3) is 0 Å². The molecule has 2 nitrogen and oxygen atoms in total. The van der Waals surface area contributed by atoms with Gasteiger partial charge in [0.25, 0.3) is 0 Å². The van der Waals surface area contributed by atoms with E-state index in [0.717, 1.165) is 12.5 Å². The Labute approximate surface area is 122 Å². The standard InChI is InChI=1S/C16H28N2S/c1-5-9-17-15-8-10-18(11-12(15)2)14(4)16-7-6-13(3)19-16/h6-7,12,14-15,17H,5,8-11H2,1-4H3. The zero-order valence-corrected chi connectivity index (χ0v) is 13.6. The van der Waals surface area contributed by atoms with Crippen LogP contribution in [-0.2, 0) is 0 Å². The average Bonchev–Trinajstić information content (AvgIpc) is 2.83. The minimum atomic E-state index is 0.577. The monoisotopic (exact) mass is 280 g/mol. The molecule has 0 radical (unpaired) electrons. The molecule has 1 N–H and O–H groups in total. The number of rotatable bonds is 5. The molecule has 3 atom stereocenters. The molecule has 108 valence electrons. The Morgan fingerprint density at radius 2 is 2.26 bits per heavy atom. The molecule has 1 aromatic heterocycles. The molecule has 1 aliphatic rings. The largest absolute Gasteiger partial charge is 0.314 e. The van der Waals surface area contributed by atoms with Crippen molar-refractivity contribution in [3.05, 3.63) is 21.9 Å². The summed E-state index contributed by atoms with van der Waals surface area (Å²) in [4.78, 5) is 5.60. The fourth-order valence-corrected chi connectivity index (χ4v) is 3.98. The predicted octanol–water partition coefficient (Wildman–Crippen LogP) is 3.83. The highest BCUT2D eigenvalue weighted by atomic mass is 32.1. The van der Waals surface area contributed by atoms with E-state index < -0.39 is 0 Å². The van der Waals surface area contributed by atoms with E-state index in [1.54, 1.807) is 0 Å². The Bertz CT molecular complexity index is 388. The van der Waals surface area contributed by atoms with Gasteiger partial charge in [-0.15, -0.1) is 11.3 Å². The average molecular weight is 280 g/mol. The maximum Gasteiger partial charge on any atom is 0.0413 e. The number of nitrogens with one attached hydrogen (secondary N) is 1. The van der Waals surface area contributed by atoms with Gasteiger partial charge in [-0.05, 0) is 51.3 Å². The number of hydrogen-bond acceptors (Lipinski definition) is 3. The van der Waals surface area contributed by atoms with Gasteiger partial charge in [-0.1, -0.05) is 13.8 Å². The minimum absolute atomic E-state index is 0.577. The molecule has 3 heteroatoms. The topological polar surface area (TPSA) is 15.3 Å². The molecule has 3 unspecified atom stereocenters.